The first-order chi connectivity index (χ1) is 10.3. The molecule has 1 aliphatic carbocycles. The van der Waals surface area contributed by atoms with Gasteiger partial charge in [0.1, 0.15) is 5.75 Å². The van der Waals surface area contributed by atoms with Crippen molar-refractivity contribution in [2.24, 2.45) is 5.73 Å². The van der Waals surface area contributed by atoms with Crippen molar-refractivity contribution >= 4 is 22.1 Å². The maximum Gasteiger partial charge on any atom is 0.129 e. The summed E-state index contributed by atoms with van der Waals surface area (Å²) in [5.74, 6) is 0.886. The normalized spacial score (nSPS) is 14.6. The van der Waals surface area contributed by atoms with Crippen LogP contribution in [0.15, 0.2) is 41.8 Å². The molecule has 0 bridgehead atoms. The molecule has 1 unspecified atom stereocenters. The fourth-order valence-electron chi connectivity index (χ4n) is 3.30. The van der Waals surface area contributed by atoms with Gasteiger partial charge in [-0.25, -0.2) is 0 Å². The van der Waals surface area contributed by atoms with Crippen LogP contribution in [0, 0.1) is 0 Å². The Hall–Kier alpha value is -1.84. The highest BCUT2D eigenvalue weighted by Gasteiger charge is 2.20. The fraction of sp³-hybridized carbons (Fsp3) is 0.222. The summed E-state index contributed by atoms with van der Waals surface area (Å²) in [6, 6.07) is 13.0. The minimum atomic E-state index is -0.0937. The molecule has 21 heavy (non-hydrogen) atoms. The van der Waals surface area contributed by atoms with Crippen LogP contribution in [0.1, 0.15) is 27.6 Å². The van der Waals surface area contributed by atoms with Gasteiger partial charge in [-0.2, -0.15) is 0 Å². The van der Waals surface area contributed by atoms with Gasteiger partial charge < -0.3 is 10.5 Å². The maximum atomic E-state index is 6.53. The van der Waals surface area contributed by atoms with Gasteiger partial charge in [-0.1, -0.05) is 30.3 Å². The molecule has 3 heteroatoms. The lowest BCUT2D eigenvalue weighted by Crippen LogP contribution is -2.10. The molecule has 2 aromatic carbocycles. The lowest BCUT2D eigenvalue weighted by molar-refractivity contribution is 0.416. The topological polar surface area (TPSA) is 35.2 Å². The van der Waals surface area contributed by atoms with Crippen molar-refractivity contribution in [1.82, 2.24) is 0 Å². The highest BCUT2D eigenvalue weighted by atomic mass is 32.1. The molecule has 0 spiro atoms. The lowest BCUT2D eigenvalue weighted by atomic mass is 9.95. The Kier molecular flexibility index (Phi) is 2.98. The van der Waals surface area contributed by atoms with Gasteiger partial charge in [0.05, 0.1) is 13.2 Å². The van der Waals surface area contributed by atoms with E-state index in [1.807, 2.05) is 11.4 Å². The Morgan fingerprint density at radius 1 is 1.14 bits per heavy atom. The summed E-state index contributed by atoms with van der Waals surface area (Å²) >= 11 is 1.66. The summed E-state index contributed by atoms with van der Waals surface area (Å²) in [6.07, 6.45) is 2.30. The van der Waals surface area contributed by atoms with E-state index in [0.29, 0.717) is 0 Å². The maximum absolute atomic E-state index is 6.53. The van der Waals surface area contributed by atoms with Gasteiger partial charge in [0.2, 0.25) is 0 Å². The van der Waals surface area contributed by atoms with Crippen LogP contribution in [-0.4, -0.2) is 7.11 Å². The van der Waals surface area contributed by atoms with Gasteiger partial charge in [-0.15, -0.1) is 11.3 Å². The minimum absolute atomic E-state index is 0.0937. The molecule has 1 atom stereocenters. The quantitative estimate of drug-likeness (QED) is 0.791. The van der Waals surface area contributed by atoms with E-state index in [1.54, 1.807) is 18.4 Å². The van der Waals surface area contributed by atoms with E-state index in [4.69, 9.17) is 10.5 Å². The van der Waals surface area contributed by atoms with Crippen LogP contribution in [0.5, 0.6) is 5.75 Å². The van der Waals surface area contributed by atoms with Gasteiger partial charge in [0.25, 0.3) is 0 Å². The second kappa shape index (κ2) is 4.86. The van der Waals surface area contributed by atoms with Gasteiger partial charge in [-0.3, -0.25) is 0 Å². The van der Waals surface area contributed by atoms with Crippen LogP contribution < -0.4 is 10.5 Å². The SMILES string of the molecule is COc1csc(C(N)c2ccc3c4c(cccc24)CC3)c1. The van der Waals surface area contributed by atoms with Crippen molar-refractivity contribution in [2.45, 2.75) is 18.9 Å². The summed E-state index contributed by atoms with van der Waals surface area (Å²) < 4.78 is 5.27. The second-order valence-electron chi connectivity index (χ2n) is 5.52. The molecular formula is C18H17NOS. The van der Waals surface area contributed by atoms with E-state index in [-0.39, 0.29) is 6.04 Å². The predicted octanol–water partition coefficient (Wildman–Crippen LogP) is 4.06. The van der Waals surface area contributed by atoms with E-state index in [9.17, 15) is 0 Å². The monoisotopic (exact) mass is 295 g/mol. The third kappa shape index (κ3) is 1.96. The van der Waals surface area contributed by atoms with Crippen LogP contribution in [0.25, 0.3) is 10.8 Å². The zero-order valence-electron chi connectivity index (χ0n) is 11.9. The Bertz CT molecular complexity index is 811. The zero-order chi connectivity index (χ0) is 14.4. The standard InChI is InChI=1S/C18H17NOS/c1-20-13-9-16(21-10-13)18(19)15-8-7-12-6-5-11-3-2-4-14(15)17(11)12/h2-4,7-10,18H,5-6,19H2,1H3. The van der Waals surface area contributed by atoms with Crippen molar-refractivity contribution in [3.8, 4) is 5.75 Å². The van der Waals surface area contributed by atoms with E-state index >= 15 is 0 Å². The number of aryl methyl sites for hydroxylation is 2. The number of hydrogen-bond donors (Lipinski definition) is 1. The smallest absolute Gasteiger partial charge is 0.129 e. The average molecular weight is 295 g/mol. The second-order valence-corrected chi connectivity index (χ2v) is 6.46. The predicted molar refractivity (Wildman–Crippen MR) is 88.3 cm³/mol. The van der Waals surface area contributed by atoms with Crippen molar-refractivity contribution in [1.29, 1.82) is 0 Å². The Balaban J connectivity index is 1.87. The number of hydrogen-bond acceptors (Lipinski definition) is 3. The molecule has 0 radical (unpaired) electrons. The molecule has 2 nitrogen and oxygen atoms in total. The number of methoxy groups -OCH3 is 1. The van der Waals surface area contributed by atoms with E-state index in [2.05, 4.69) is 30.3 Å². The first kappa shape index (κ1) is 12.9. The van der Waals surface area contributed by atoms with Crippen molar-refractivity contribution in [3.63, 3.8) is 0 Å². The average Bonchev–Trinajstić information content (AvgIpc) is 3.15. The molecule has 4 rings (SSSR count). The van der Waals surface area contributed by atoms with Crippen LogP contribution in [0.4, 0.5) is 0 Å². The minimum Gasteiger partial charge on any atom is -0.496 e. The Morgan fingerprint density at radius 2 is 1.95 bits per heavy atom. The van der Waals surface area contributed by atoms with Crippen LogP contribution in [-0.2, 0) is 12.8 Å². The molecule has 0 amide bonds. The molecule has 2 N–H and O–H groups in total. The largest absolute Gasteiger partial charge is 0.496 e. The number of thiophene rings is 1. The molecule has 1 aliphatic rings. The van der Waals surface area contributed by atoms with E-state index < -0.39 is 0 Å². The van der Waals surface area contributed by atoms with Crippen LogP contribution >= 0.6 is 11.3 Å². The molecule has 0 fully saturated rings. The van der Waals surface area contributed by atoms with Gasteiger partial charge >= 0.3 is 0 Å². The molecule has 0 saturated carbocycles. The highest BCUT2D eigenvalue weighted by Crippen LogP contribution is 2.37. The van der Waals surface area contributed by atoms with Crippen molar-refractivity contribution < 1.29 is 4.74 Å². The Morgan fingerprint density at radius 3 is 2.71 bits per heavy atom. The lowest BCUT2D eigenvalue weighted by Gasteiger charge is -2.14. The van der Waals surface area contributed by atoms with Crippen LogP contribution in [0.2, 0.25) is 0 Å². The third-order valence-electron chi connectivity index (χ3n) is 4.38. The molecule has 1 aromatic heterocycles. The molecule has 3 aromatic rings. The van der Waals surface area contributed by atoms with Crippen molar-refractivity contribution in [2.75, 3.05) is 7.11 Å². The summed E-state index contributed by atoms with van der Waals surface area (Å²) in [5.41, 5.74) is 10.7. The molecule has 1 heterocycles. The van der Waals surface area contributed by atoms with Crippen LogP contribution in [0.3, 0.4) is 0 Å². The van der Waals surface area contributed by atoms with Gasteiger partial charge in [-0.05, 0) is 46.4 Å². The number of ether oxygens (including phenoxy) is 1. The zero-order valence-corrected chi connectivity index (χ0v) is 12.7. The molecule has 0 saturated heterocycles. The fourth-order valence-corrected chi connectivity index (χ4v) is 4.17. The summed E-state index contributed by atoms with van der Waals surface area (Å²) in [5, 5.41) is 4.74. The molecular weight excluding hydrogens is 278 g/mol. The molecule has 0 aliphatic heterocycles. The first-order valence-electron chi connectivity index (χ1n) is 7.19. The first-order valence-corrected chi connectivity index (χ1v) is 8.07. The number of benzene rings is 2. The number of nitrogens with two attached hydrogens (primary N) is 1. The summed E-state index contributed by atoms with van der Waals surface area (Å²) in [6.45, 7) is 0. The van der Waals surface area contributed by atoms with Gasteiger partial charge in [0.15, 0.2) is 0 Å². The van der Waals surface area contributed by atoms with E-state index in [1.165, 1.54) is 27.5 Å². The Labute approximate surface area is 128 Å². The third-order valence-corrected chi connectivity index (χ3v) is 5.38. The summed E-state index contributed by atoms with van der Waals surface area (Å²) in [4.78, 5) is 1.14. The number of rotatable bonds is 3. The van der Waals surface area contributed by atoms with Crippen molar-refractivity contribution in [3.05, 3.63) is 63.3 Å². The summed E-state index contributed by atoms with van der Waals surface area (Å²) in [7, 11) is 1.69. The highest BCUT2D eigenvalue weighted by molar-refractivity contribution is 7.10. The van der Waals surface area contributed by atoms with Gasteiger partial charge in [0, 0.05) is 10.3 Å². The molecule has 106 valence electrons. The van der Waals surface area contributed by atoms with E-state index in [0.717, 1.165) is 23.5 Å².